The standard InChI is InChI=1S/C18H21BrN4O/c1-12-10-20-18(21-14-7-8-16(19)13(9-14)11-24)22-17(12)23(2)15-5-3-4-6-15/h7-11,15H,3-6H2,1-2H3,(H,20,21,22). The van der Waals surface area contributed by atoms with Gasteiger partial charge in [-0.1, -0.05) is 28.8 Å². The summed E-state index contributed by atoms with van der Waals surface area (Å²) in [5.41, 5.74) is 2.45. The molecule has 0 radical (unpaired) electrons. The van der Waals surface area contributed by atoms with Gasteiger partial charge < -0.3 is 10.2 Å². The minimum atomic E-state index is 0.541. The van der Waals surface area contributed by atoms with Crippen LogP contribution in [-0.2, 0) is 0 Å². The van der Waals surface area contributed by atoms with Crippen molar-refractivity contribution >= 4 is 39.7 Å². The van der Waals surface area contributed by atoms with Gasteiger partial charge in [0, 0.05) is 40.6 Å². The lowest BCUT2D eigenvalue weighted by molar-refractivity contribution is 0.112. The van der Waals surface area contributed by atoms with Gasteiger partial charge in [0.05, 0.1) is 0 Å². The second kappa shape index (κ2) is 7.30. The zero-order chi connectivity index (χ0) is 17.1. The van der Waals surface area contributed by atoms with Crippen molar-refractivity contribution in [2.75, 3.05) is 17.3 Å². The topological polar surface area (TPSA) is 58.1 Å². The normalized spacial score (nSPS) is 14.6. The molecule has 126 valence electrons. The van der Waals surface area contributed by atoms with Gasteiger partial charge in [-0.05, 0) is 38.0 Å². The summed E-state index contributed by atoms with van der Waals surface area (Å²) < 4.78 is 0.773. The Labute approximate surface area is 150 Å². The van der Waals surface area contributed by atoms with E-state index in [2.05, 4.69) is 38.2 Å². The van der Waals surface area contributed by atoms with E-state index in [9.17, 15) is 4.79 Å². The number of carbonyl (C=O) groups excluding carboxylic acids is 1. The van der Waals surface area contributed by atoms with Crippen LogP contribution in [0.5, 0.6) is 0 Å². The van der Waals surface area contributed by atoms with Gasteiger partial charge in [0.1, 0.15) is 5.82 Å². The molecule has 1 saturated carbocycles. The molecule has 1 N–H and O–H groups in total. The van der Waals surface area contributed by atoms with Crippen LogP contribution >= 0.6 is 15.9 Å². The summed E-state index contributed by atoms with van der Waals surface area (Å²) >= 11 is 3.36. The molecule has 0 atom stereocenters. The Bertz CT molecular complexity index is 744. The highest BCUT2D eigenvalue weighted by Crippen LogP contribution is 2.28. The number of hydrogen-bond acceptors (Lipinski definition) is 5. The van der Waals surface area contributed by atoms with Crippen LogP contribution in [0.1, 0.15) is 41.6 Å². The van der Waals surface area contributed by atoms with Crippen LogP contribution in [0.3, 0.4) is 0 Å². The molecule has 1 aromatic heterocycles. The van der Waals surface area contributed by atoms with Crippen LogP contribution in [-0.4, -0.2) is 29.3 Å². The zero-order valence-electron chi connectivity index (χ0n) is 13.9. The van der Waals surface area contributed by atoms with Crippen molar-refractivity contribution in [1.82, 2.24) is 9.97 Å². The van der Waals surface area contributed by atoms with Gasteiger partial charge in [-0.3, -0.25) is 4.79 Å². The Hall–Kier alpha value is -1.95. The Morgan fingerprint density at radius 3 is 2.79 bits per heavy atom. The first-order valence-electron chi connectivity index (χ1n) is 8.16. The molecule has 0 spiro atoms. The van der Waals surface area contributed by atoms with Crippen LogP contribution in [0.25, 0.3) is 0 Å². The summed E-state index contributed by atoms with van der Waals surface area (Å²) in [5.74, 6) is 1.51. The molecule has 24 heavy (non-hydrogen) atoms. The Kier molecular flexibility index (Phi) is 5.14. The van der Waals surface area contributed by atoms with E-state index in [-0.39, 0.29) is 0 Å². The monoisotopic (exact) mass is 388 g/mol. The van der Waals surface area contributed by atoms with Gasteiger partial charge in [-0.15, -0.1) is 0 Å². The maximum absolute atomic E-state index is 11.1. The predicted molar refractivity (Wildman–Crippen MR) is 100 cm³/mol. The van der Waals surface area contributed by atoms with Crippen LogP contribution in [0.15, 0.2) is 28.9 Å². The molecular weight excluding hydrogens is 368 g/mol. The fraction of sp³-hybridized carbons (Fsp3) is 0.389. The van der Waals surface area contributed by atoms with E-state index in [1.54, 1.807) is 6.07 Å². The smallest absolute Gasteiger partial charge is 0.229 e. The van der Waals surface area contributed by atoms with E-state index in [4.69, 9.17) is 4.98 Å². The van der Waals surface area contributed by atoms with Gasteiger partial charge >= 0.3 is 0 Å². The Morgan fingerprint density at radius 2 is 2.08 bits per heavy atom. The zero-order valence-corrected chi connectivity index (χ0v) is 15.5. The summed E-state index contributed by atoms with van der Waals surface area (Å²) in [6.07, 6.45) is 7.69. The molecule has 0 bridgehead atoms. The molecule has 6 heteroatoms. The van der Waals surface area contributed by atoms with Gasteiger partial charge in [0.15, 0.2) is 6.29 Å². The van der Waals surface area contributed by atoms with E-state index in [1.807, 2.05) is 25.3 Å². The molecule has 1 aliphatic rings. The fourth-order valence-corrected chi connectivity index (χ4v) is 3.50. The first-order chi connectivity index (χ1) is 11.6. The second-order valence-electron chi connectivity index (χ2n) is 6.23. The lowest BCUT2D eigenvalue weighted by Gasteiger charge is -2.27. The van der Waals surface area contributed by atoms with Crippen molar-refractivity contribution in [2.24, 2.45) is 0 Å². The molecule has 1 aliphatic carbocycles. The SMILES string of the molecule is Cc1cnc(Nc2ccc(Br)c(C=O)c2)nc1N(C)C1CCCC1. The molecule has 3 rings (SSSR count). The van der Waals surface area contributed by atoms with Crippen LogP contribution in [0.2, 0.25) is 0 Å². The number of aryl methyl sites for hydroxylation is 1. The third-order valence-corrected chi connectivity index (χ3v) is 5.25. The van der Waals surface area contributed by atoms with Crippen LogP contribution in [0, 0.1) is 6.92 Å². The first-order valence-corrected chi connectivity index (χ1v) is 8.96. The van der Waals surface area contributed by atoms with E-state index < -0.39 is 0 Å². The summed E-state index contributed by atoms with van der Waals surface area (Å²) in [6, 6.07) is 6.06. The maximum atomic E-state index is 11.1. The average Bonchev–Trinajstić information content (AvgIpc) is 3.12. The summed E-state index contributed by atoms with van der Waals surface area (Å²) in [4.78, 5) is 22.4. The van der Waals surface area contributed by atoms with Crippen molar-refractivity contribution in [2.45, 2.75) is 38.6 Å². The molecule has 0 saturated heterocycles. The first kappa shape index (κ1) is 16.9. The molecular formula is C18H21BrN4O. The number of benzene rings is 1. The van der Waals surface area contributed by atoms with Crippen molar-refractivity contribution in [1.29, 1.82) is 0 Å². The molecule has 1 aromatic carbocycles. The highest BCUT2D eigenvalue weighted by molar-refractivity contribution is 9.10. The fourth-order valence-electron chi connectivity index (χ4n) is 3.16. The van der Waals surface area contributed by atoms with Gasteiger partial charge in [-0.2, -0.15) is 4.98 Å². The van der Waals surface area contributed by atoms with E-state index in [1.165, 1.54) is 25.7 Å². The lowest BCUT2D eigenvalue weighted by Crippen LogP contribution is -2.30. The van der Waals surface area contributed by atoms with Crippen LogP contribution < -0.4 is 10.2 Å². The van der Waals surface area contributed by atoms with E-state index in [0.717, 1.165) is 27.8 Å². The number of anilines is 3. The third-order valence-electron chi connectivity index (χ3n) is 4.53. The van der Waals surface area contributed by atoms with Gasteiger partial charge in [-0.25, -0.2) is 4.98 Å². The predicted octanol–water partition coefficient (Wildman–Crippen LogP) is 4.48. The highest BCUT2D eigenvalue weighted by Gasteiger charge is 2.22. The number of hydrogen-bond donors (Lipinski definition) is 1. The number of aromatic nitrogens is 2. The summed E-state index contributed by atoms with van der Waals surface area (Å²) in [7, 11) is 2.11. The Morgan fingerprint density at radius 1 is 1.33 bits per heavy atom. The number of nitrogens with zero attached hydrogens (tertiary/aromatic N) is 3. The second-order valence-corrected chi connectivity index (χ2v) is 7.08. The molecule has 0 aliphatic heterocycles. The molecule has 1 heterocycles. The Balaban J connectivity index is 1.84. The summed E-state index contributed by atoms with van der Waals surface area (Å²) in [5, 5.41) is 3.19. The highest BCUT2D eigenvalue weighted by atomic mass is 79.9. The van der Waals surface area contributed by atoms with Crippen molar-refractivity contribution in [3.63, 3.8) is 0 Å². The molecule has 0 unspecified atom stereocenters. The van der Waals surface area contributed by atoms with Crippen LogP contribution in [0.4, 0.5) is 17.5 Å². The molecule has 5 nitrogen and oxygen atoms in total. The number of carbonyl (C=O) groups is 1. The van der Waals surface area contributed by atoms with Gasteiger partial charge in [0.2, 0.25) is 5.95 Å². The third kappa shape index (κ3) is 3.59. The number of halogens is 1. The summed E-state index contributed by atoms with van der Waals surface area (Å²) in [6.45, 7) is 2.04. The lowest BCUT2D eigenvalue weighted by atomic mass is 10.2. The quantitative estimate of drug-likeness (QED) is 0.764. The van der Waals surface area contributed by atoms with Gasteiger partial charge in [0.25, 0.3) is 0 Å². The number of aldehydes is 1. The average molecular weight is 389 g/mol. The minimum Gasteiger partial charge on any atom is -0.356 e. The van der Waals surface area contributed by atoms with Crippen molar-refractivity contribution in [3.05, 3.63) is 40.0 Å². The number of nitrogens with one attached hydrogen (secondary N) is 1. The molecule has 0 amide bonds. The molecule has 1 fully saturated rings. The number of rotatable bonds is 5. The van der Waals surface area contributed by atoms with E-state index >= 15 is 0 Å². The van der Waals surface area contributed by atoms with E-state index in [0.29, 0.717) is 17.6 Å². The largest absolute Gasteiger partial charge is 0.356 e. The minimum absolute atomic E-state index is 0.541. The maximum Gasteiger partial charge on any atom is 0.229 e. The van der Waals surface area contributed by atoms with Crippen molar-refractivity contribution < 1.29 is 4.79 Å². The molecule has 2 aromatic rings. The van der Waals surface area contributed by atoms with Crippen molar-refractivity contribution in [3.8, 4) is 0 Å².